The molecule has 4 rings (SSSR count). The fourth-order valence-corrected chi connectivity index (χ4v) is 4.71. The number of H-pyrrole nitrogens is 2. The van der Waals surface area contributed by atoms with Crippen LogP contribution in [-0.2, 0) is 0 Å². The fourth-order valence-electron chi connectivity index (χ4n) is 4.71. The van der Waals surface area contributed by atoms with Gasteiger partial charge >= 0.3 is 5.69 Å². The SMILES string of the molecule is Nc1nc2c([nH]1)c(=O)[nH]c(=O)n2C(C1CCCC1)C1CCCC1. The number of anilines is 1. The van der Waals surface area contributed by atoms with Crippen LogP contribution in [0.2, 0.25) is 0 Å². The Labute approximate surface area is 133 Å². The van der Waals surface area contributed by atoms with E-state index in [0.717, 1.165) is 25.7 Å². The molecule has 2 aromatic rings. The van der Waals surface area contributed by atoms with E-state index < -0.39 is 5.56 Å². The van der Waals surface area contributed by atoms with Crippen LogP contribution in [0.4, 0.5) is 5.95 Å². The summed E-state index contributed by atoms with van der Waals surface area (Å²) in [5.74, 6) is 1.16. The van der Waals surface area contributed by atoms with Crippen LogP contribution in [0.1, 0.15) is 57.4 Å². The first-order chi connectivity index (χ1) is 11.1. The van der Waals surface area contributed by atoms with Gasteiger partial charge in [-0.05, 0) is 37.5 Å². The number of rotatable bonds is 3. The Morgan fingerprint density at radius 3 is 2.13 bits per heavy atom. The zero-order valence-electron chi connectivity index (χ0n) is 13.2. The number of nitrogens with one attached hydrogen (secondary N) is 2. The minimum Gasteiger partial charge on any atom is -0.369 e. The summed E-state index contributed by atoms with van der Waals surface area (Å²) in [4.78, 5) is 34.2. The van der Waals surface area contributed by atoms with Gasteiger partial charge in [0, 0.05) is 6.04 Å². The number of fused-ring (bicyclic) bond motifs is 1. The molecule has 2 aromatic heterocycles. The highest BCUT2D eigenvalue weighted by atomic mass is 16.2. The summed E-state index contributed by atoms with van der Waals surface area (Å²) in [5, 5.41) is 0. The largest absolute Gasteiger partial charge is 0.369 e. The molecule has 2 fully saturated rings. The number of nitrogen functional groups attached to an aromatic ring is 1. The van der Waals surface area contributed by atoms with Crippen molar-refractivity contribution < 1.29 is 0 Å². The minimum atomic E-state index is -0.443. The predicted octanol–water partition coefficient (Wildman–Crippen LogP) is 1.92. The molecule has 2 heterocycles. The van der Waals surface area contributed by atoms with Crippen molar-refractivity contribution in [1.29, 1.82) is 0 Å². The van der Waals surface area contributed by atoms with E-state index in [2.05, 4.69) is 15.0 Å². The first-order valence-corrected chi connectivity index (χ1v) is 8.65. The number of hydrogen-bond acceptors (Lipinski definition) is 4. The molecule has 7 nitrogen and oxygen atoms in total. The van der Waals surface area contributed by atoms with E-state index in [-0.39, 0.29) is 17.7 Å². The van der Waals surface area contributed by atoms with Crippen molar-refractivity contribution >= 4 is 17.1 Å². The second-order valence-electron chi connectivity index (χ2n) is 7.03. The maximum Gasteiger partial charge on any atom is 0.330 e. The minimum absolute atomic E-state index is 0.120. The van der Waals surface area contributed by atoms with Gasteiger partial charge in [-0.25, -0.2) is 4.79 Å². The highest BCUT2D eigenvalue weighted by Gasteiger charge is 2.36. The van der Waals surface area contributed by atoms with Crippen molar-refractivity contribution in [3.8, 4) is 0 Å². The van der Waals surface area contributed by atoms with Gasteiger partial charge < -0.3 is 10.7 Å². The molecule has 7 heteroatoms. The second kappa shape index (κ2) is 5.54. The van der Waals surface area contributed by atoms with Gasteiger partial charge in [0.25, 0.3) is 5.56 Å². The Kier molecular flexibility index (Phi) is 3.50. The second-order valence-corrected chi connectivity index (χ2v) is 7.03. The zero-order valence-corrected chi connectivity index (χ0v) is 13.2. The van der Waals surface area contributed by atoms with E-state index in [0.29, 0.717) is 23.0 Å². The molecule has 0 amide bonds. The fraction of sp³-hybridized carbons (Fsp3) is 0.688. The van der Waals surface area contributed by atoms with Crippen molar-refractivity contribution in [3.05, 3.63) is 20.8 Å². The zero-order chi connectivity index (χ0) is 16.0. The number of aromatic amines is 2. The molecular formula is C16H23N5O2. The molecule has 0 bridgehead atoms. The molecule has 0 aliphatic heterocycles. The predicted molar refractivity (Wildman–Crippen MR) is 88.3 cm³/mol. The highest BCUT2D eigenvalue weighted by molar-refractivity contribution is 5.72. The quantitative estimate of drug-likeness (QED) is 0.803. The van der Waals surface area contributed by atoms with E-state index in [1.54, 1.807) is 4.57 Å². The van der Waals surface area contributed by atoms with Crippen LogP contribution in [-0.4, -0.2) is 19.5 Å². The third-order valence-corrected chi connectivity index (χ3v) is 5.66. The summed E-state index contributed by atoms with van der Waals surface area (Å²) in [6.45, 7) is 0. The van der Waals surface area contributed by atoms with Crippen LogP contribution in [0.5, 0.6) is 0 Å². The van der Waals surface area contributed by atoms with Gasteiger partial charge in [0.2, 0.25) is 0 Å². The Balaban J connectivity index is 1.92. The average molecular weight is 317 g/mol. The van der Waals surface area contributed by atoms with Crippen molar-refractivity contribution in [2.45, 2.75) is 57.4 Å². The number of hydrogen-bond donors (Lipinski definition) is 3. The van der Waals surface area contributed by atoms with Crippen LogP contribution in [0.25, 0.3) is 11.2 Å². The van der Waals surface area contributed by atoms with Crippen LogP contribution in [0, 0.1) is 11.8 Å². The molecule has 4 N–H and O–H groups in total. The Morgan fingerprint density at radius 2 is 1.57 bits per heavy atom. The molecule has 0 unspecified atom stereocenters. The Bertz CT molecular complexity index is 805. The van der Waals surface area contributed by atoms with Crippen molar-refractivity contribution in [2.75, 3.05) is 5.73 Å². The lowest BCUT2D eigenvalue weighted by Gasteiger charge is -2.31. The van der Waals surface area contributed by atoms with Crippen LogP contribution in [0.15, 0.2) is 9.59 Å². The first kappa shape index (κ1) is 14.5. The van der Waals surface area contributed by atoms with E-state index in [1.807, 2.05) is 0 Å². The normalized spacial score (nSPS) is 20.2. The van der Waals surface area contributed by atoms with Crippen LogP contribution in [0.3, 0.4) is 0 Å². The molecular weight excluding hydrogens is 294 g/mol. The van der Waals surface area contributed by atoms with Crippen molar-refractivity contribution in [1.82, 2.24) is 19.5 Å². The standard InChI is InChI=1S/C16H23N5O2/c17-15-18-11-13(19-15)21(16(23)20-14(11)22)12(9-5-1-2-6-9)10-7-3-4-8-10/h9-10,12H,1-8H2,(H3,17,18,19)(H,20,22,23). The third-order valence-electron chi connectivity index (χ3n) is 5.66. The maximum absolute atomic E-state index is 12.6. The summed E-state index contributed by atoms with van der Waals surface area (Å²) in [5.41, 5.74) is 5.68. The molecule has 2 aliphatic carbocycles. The topological polar surface area (TPSA) is 110 Å². The molecule has 0 spiro atoms. The summed E-state index contributed by atoms with van der Waals surface area (Å²) in [7, 11) is 0. The van der Waals surface area contributed by atoms with E-state index in [4.69, 9.17) is 5.73 Å². The monoisotopic (exact) mass is 317 g/mol. The Hall–Kier alpha value is -2.05. The molecule has 0 saturated heterocycles. The summed E-state index contributed by atoms with van der Waals surface area (Å²) < 4.78 is 1.73. The van der Waals surface area contributed by atoms with Gasteiger partial charge in [-0.3, -0.25) is 14.3 Å². The van der Waals surface area contributed by atoms with E-state index >= 15 is 0 Å². The lowest BCUT2D eigenvalue weighted by atomic mass is 9.85. The smallest absolute Gasteiger partial charge is 0.330 e. The molecule has 2 saturated carbocycles. The van der Waals surface area contributed by atoms with E-state index in [9.17, 15) is 9.59 Å². The number of aromatic nitrogens is 4. The summed E-state index contributed by atoms with van der Waals surface area (Å²) in [6.07, 6.45) is 9.47. The summed E-state index contributed by atoms with van der Waals surface area (Å²) >= 11 is 0. The van der Waals surface area contributed by atoms with Crippen LogP contribution >= 0.6 is 0 Å². The highest BCUT2D eigenvalue weighted by Crippen LogP contribution is 2.44. The maximum atomic E-state index is 12.6. The van der Waals surface area contributed by atoms with Crippen molar-refractivity contribution in [2.24, 2.45) is 11.8 Å². The number of nitrogens with two attached hydrogens (primary N) is 1. The molecule has 2 aliphatic rings. The first-order valence-electron chi connectivity index (χ1n) is 8.65. The average Bonchev–Trinajstić information content (AvgIpc) is 3.24. The van der Waals surface area contributed by atoms with Gasteiger partial charge in [-0.2, -0.15) is 4.98 Å². The van der Waals surface area contributed by atoms with Gasteiger partial charge in [0.05, 0.1) is 0 Å². The molecule has 0 atom stereocenters. The van der Waals surface area contributed by atoms with E-state index in [1.165, 1.54) is 25.7 Å². The lowest BCUT2D eigenvalue weighted by Crippen LogP contribution is -2.38. The van der Waals surface area contributed by atoms with Gasteiger partial charge in [-0.1, -0.05) is 25.7 Å². The van der Waals surface area contributed by atoms with Gasteiger partial charge in [0.15, 0.2) is 17.1 Å². The third kappa shape index (κ3) is 2.38. The molecule has 0 aromatic carbocycles. The summed E-state index contributed by atoms with van der Waals surface area (Å²) in [6, 6.07) is 0.120. The van der Waals surface area contributed by atoms with Crippen LogP contribution < -0.4 is 17.0 Å². The molecule has 0 radical (unpaired) electrons. The Morgan fingerprint density at radius 1 is 1.00 bits per heavy atom. The lowest BCUT2D eigenvalue weighted by molar-refractivity contribution is 0.231. The molecule has 124 valence electrons. The van der Waals surface area contributed by atoms with Crippen molar-refractivity contribution in [3.63, 3.8) is 0 Å². The number of imidazole rings is 1. The number of nitrogens with zero attached hydrogens (tertiary/aromatic N) is 2. The van der Waals surface area contributed by atoms with Gasteiger partial charge in [0.1, 0.15) is 0 Å². The van der Waals surface area contributed by atoms with Gasteiger partial charge in [-0.15, -0.1) is 0 Å². The molecule has 23 heavy (non-hydrogen) atoms.